The number of hydrogen-bond acceptors (Lipinski definition) is 4. The predicted octanol–water partition coefficient (Wildman–Crippen LogP) is 1.37. The first kappa shape index (κ1) is 9.28. The van der Waals surface area contributed by atoms with Gasteiger partial charge in [-0.25, -0.2) is 13.4 Å². The Labute approximate surface area is 78.0 Å². The largest absolute Gasteiger partial charge is 0.232 e. The van der Waals surface area contributed by atoms with Crippen molar-refractivity contribution in [2.45, 2.75) is 0 Å². The third-order valence-electron chi connectivity index (χ3n) is 1.05. The molecule has 11 heavy (non-hydrogen) atoms. The summed E-state index contributed by atoms with van der Waals surface area (Å²) in [5.41, 5.74) is 0.601. The van der Waals surface area contributed by atoms with Crippen LogP contribution in [0.5, 0.6) is 0 Å². The molecule has 1 aliphatic rings. The molecular formula is C5H6BrNO2S2. The van der Waals surface area contributed by atoms with Crippen LogP contribution < -0.4 is 0 Å². The van der Waals surface area contributed by atoms with Crippen molar-refractivity contribution in [3.63, 3.8) is 0 Å². The molecule has 0 aliphatic carbocycles. The van der Waals surface area contributed by atoms with E-state index in [9.17, 15) is 8.42 Å². The van der Waals surface area contributed by atoms with Gasteiger partial charge in [0.1, 0.15) is 0 Å². The van der Waals surface area contributed by atoms with Gasteiger partial charge in [0.2, 0.25) is 13.8 Å². The summed E-state index contributed by atoms with van der Waals surface area (Å²) in [6.45, 7) is 0. The topological polar surface area (TPSA) is 46.5 Å². The monoisotopic (exact) mass is 255 g/mol. The molecule has 0 N–H and O–H groups in total. The van der Waals surface area contributed by atoms with Crippen molar-refractivity contribution in [1.29, 1.82) is 0 Å². The summed E-state index contributed by atoms with van der Waals surface area (Å²) in [5, 5.41) is 1.19. The molecule has 0 saturated carbocycles. The molecule has 0 atom stereocenters. The van der Waals surface area contributed by atoms with Gasteiger partial charge in [0, 0.05) is 5.75 Å². The Morgan fingerprint density at radius 3 is 2.73 bits per heavy atom. The second-order valence-electron chi connectivity index (χ2n) is 1.95. The van der Waals surface area contributed by atoms with E-state index in [-0.39, 0.29) is 3.95 Å². The summed E-state index contributed by atoms with van der Waals surface area (Å²) in [7, 11) is -3.21. The molecule has 62 valence electrons. The molecule has 0 aromatic heterocycles. The van der Waals surface area contributed by atoms with Gasteiger partial charge in [-0.1, -0.05) is 0 Å². The quantitative estimate of drug-likeness (QED) is 0.749. The van der Waals surface area contributed by atoms with Crippen molar-refractivity contribution < 1.29 is 8.42 Å². The van der Waals surface area contributed by atoms with Crippen LogP contribution in [0.2, 0.25) is 0 Å². The van der Waals surface area contributed by atoms with Crippen LogP contribution in [-0.2, 0) is 9.84 Å². The minimum absolute atomic E-state index is 0.0223. The Hall–Kier alpha value is 0.190. The summed E-state index contributed by atoms with van der Waals surface area (Å²) in [6, 6.07) is 0. The molecule has 3 nitrogen and oxygen atoms in total. The molecule has 0 unspecified atom stereocenters. The number of aliphatic imine (C=N–C) groups is 1. The van der Waals surface area contributed by atoms with Crippen molar-refractivity contribution in [2.75, 3.05) is 12.0 Å². The number of nitrogens with zero attached hydrogens (tertiary/aromatic N) is 1. The van der Waals surface area contributed by atoms with E-state index in [4.69, 9.17) is 0 Å². The van der Waals surface area contributed by atoms with Crippen molar-refractivity contribution in [3.05, 3.63) is 11.1 Å². The number of sulfone groups is 1. The fourth-order valence-corrected chi connectivity index (χ4v) is 2.54. The van der Waals surface area contributed by atoms with E-state index in [1.165, 1.54) is 5.41 Å². The van der Waals surface area contributed by atoms with E-state index in [2.05, 4.69) is 20.9 Å². The molecule has 1 rings (SSSR count). The minimum atomic E-state index is -3.21. The van der Waals surface area contributed by atoms with Crippen LogP contribution in [-0.4, -0.2) is 24.4 Å². The van der Waals surface area contributed by atoms with E-state index in [1.807, 2.05) is 6.26 Å². The second kappa shape index (κ2) is 3.28. The molecule has 0 aromatic carbocycles. The standard InChI is InChI=1S/C5H6BrNO2S2/c1-10-2-4-3-11(8,9)5(6)7-4/h3H,2H2,1H3. The van der Waals surface area contributed by atoms with E-state index >= 15 is 0 Å². The Morgan fingerprint density at radius 1 is 1.73 bits per heavy atom. The third kappa shape index (κ3) is 2.07. The molecule has 0 fully saturated rings. The zero-order valence-corrected chi connectivity index (χ0v) is 8.96. The van der Waals surface area contributed by atoms with Gasteiger partial charge in [0.05, 0.1) is 11.1 Å². The average molecular weight is 256 g/mol. The fraction of sp³-hybridized carbons (Fsp3) is 0.400. The van der Waals surface area contributed by atoms with Gasteiger partial charge >= 0.3 is 0 Å². The van der Waals surface area contributed by atoms with Gasteiger partial charge in [0.15, 0.2) is 0 Å². The predicted molar refractivity (Wildman–Crippen MR) is 51.7 cm³/mol. The lowest BCUT2D eigenvalue weighted by Crippen LogP contribution is -1.98. The first-order valence-corrected chi connectivity index (χ1v) is 6.48. The van der Waals surface area contributed by atoms with Crippen LogP contribution in [0.4, 0.5) is 0 Å². The second-order valence-corrected chi connectivity index (χ2v) is 5.81. The maximum absolute atomic E-state index is 11.0. The summed E-state index contributed by atoms with van der Waals surface area (Å²) in [5.74, 6) is 0.633. The van der Waals surface area contributed by atoms with Crippen molar-refractivity contribution in [1.82, 2.24) is 0 Å². The molecule has 0 aromatic rings. The molecule has 0 bridgehead atoms. The maximum atomic E-state index is 11.0. The summed E-state index contributed by atoms with van der Waals surface area (Å²) in [4.78, 5) is 3.82. The Morgan fingerprint density at radius 2 is 2.36 bits per heavy atom. The van der Waals surface area contributed by atoms with E-state index in [0.29, 0.717) is 11.4 Å². The van der Waals surface area contributed by atoms with Gasteiger partial charge in [-0.3, -0.25) is 0 Å². The van der Waals surface area contributed by atoms with Gasteiger partial charge in [-0.2, -0.15) is 11.8 Å². The van der Waals surface area contributed by atoms with Crippen molar-refractivity contribution in [2.24, 2.45) is 4.99 Å². The molecule has 0 amide bonds. The van der Waals surface area contributed by atoms with Crippen LogP contribution in [0.1, 0.15) is 0 Å². The summed E-state index contributed by atoms with van der Waals surface area (Å²) >= 11 is 4.41. The number of hydrogen-bond donors (Lipinski definition) is 0. The fourth-order valence-electron chi connectivity index (χ4n) is 0.645. The SMILES string of the molecule is CSCC1=CS(=O)(=O)C(Br)=N1. The molecule has 6 heteroatoms. The summed E-state index contributed by atoms with van der Waals surface area (Å²) < 4.78 is 22.0. The van der Waals surface area contributed by atoms with Crippen molar-refractivity contribution >= 4 is 41.5 Å². The Balaban J connectivity index is 2.92. The van der Waals surface area contributed by atoms with Gasteiger partial charge in [-0.05, 0) is 22.2 Å². The van der Waals surface area contributed by atoms with Crippen LogP contribution in [0.15, 0.2) is 16.1 Å². The highest BCUT2D eigenvalue weighted by Crippen LogP contribution is 2.20. The minimum Gasteiger partial charge on any atom is -0.232 e. The van der Waals surface area contributed by atoms with Crippen LogP contribution in [0, 0.1) is 0 Å². The molecule has 1 aliphatic heterocycles. The van der Waals surface area contributed by atoms with Crippen LogP contribution in [0.3, 0.4) is 0 Å². The molecular weight excluding hydrogens is 250 g/mol. The summed E-state index contributed by atoms with van der Waals surface area (Å²) in [6.07, 6.45) is 1.90. The maximum Gasteiger partial charge on any atom is 0.225 e. The third-order valence-corrected chi connectivity index (χ3v) is 4.31. The highest BCUT2D eigenvalue weighted by molar-refractivity contribution is 9.21. The molecule has 1 heterocycles. The molecule has 0 radical (unpaired) electrons. The zero-order valence-electron chi connectivity index (χ0n) is 5.74. The number of rotatable bonds is 2. The lowest BCUT2D eigenvalue weighted by molar-refractivity contribution is 0.616. The van der Waals surface area contributed by atoms with Crippen LogP contribution >= 0.6 is 27.7 Å². The van der Waals surface area contributed by atoms with E-state index < -0.39 is 9.84 Å². The molecule has 0 saturated heterocycles. The Bertz CT molecular complexity index is 317. The van der Waals surface area contributed by atoms with E-state index in [1.54, 1.807) is 11.8 Å². The van der Waals surface area contributed by atoms with Gasteiger partial charge < -0.3 is 0 Å². The normalized spacial score (nSPS) is 21.3. The highest BCUT2D eigenvalue weighted by atomic mass is 79.9. The first-order chi connectivity index (χ1) is 5.06. The molecule has 0 spiro atoms. The lowest BCUT2D eigenvalue weighted by Gasteiger charge is -1.88. The smallest absolute Gasteiger partial charge is 0.225 e. The van der Waals surface area contributed by atoms with E-state index in [0.717, 1.165) is 0 Å². The zero-order chi connectivity index (χ0) is 8.48. The number of halogens is 1. The highest BCUT2D eigenvalue weighted by Gasteiger charge is 2.21. The Kier molecular flexibility index (Phi) is 2.77. The van der Waals surface area contributed by atoms with Gasteiger partial charge in [0.25, 0.3) is 0 Å². The van der Waals surface area contributed by atoms with Gasteiger partial charge in [-0.15, -0.1) is 0 Å². The average Bonchev–Trinajstić information content (AvgIpc) is 2.08. The first-order valence-electron chi connectivity index (χ1n) is 2.75. The number of thioether (sulfide) groups is 1. The van der Waals surface area contributed by atoms with Crippen LogP contribution in [0.25, 0.3) is 0 Å². The lowest BCUT2D eigenvalue weighted by atomic mass is 10.6. The van der Waals surface area contributed by atoms with Crippen molar-refractivity contribution in [3.8, 4) is 0 Å².